The van der Waals surface area contributed by atoms with Crippen molar-refractivity contribution in [1.29, 1.82) is 0 Å². The van der Waals surface area contributed by atoms with E-state index in [2.05, 4.69) is 10.3 Å². The SMILES string of the molecule is Cc1[nH]c(=O)c(Nc2ccccc2)cc1Cl. The summed E-state index contributed by atoms with van der Waals surface area (Å²) in [5.41, 5.74) is 1.80. The summed E-state index contributed by atoms with van der Waals surface area (Å²) >= 11 is 5.94. The number of aryl methyl sites for hydroxylation is 1. The Labute approximate surface area is 98.1 Å². The van der Waals surface area contributed by atoms with Gasteiger partial charge < -0.3 is 10.3 Å². The predicted octanol–water partition coefficient (Wildman–Crippen LogP) is 3.08. The van der Waals surface area contributed by atoms with Crippen molar-refractivity contribution in [1.82, 2.24) is 4.98 Å². The molecule has 82 valence electrons. The van der Waals surface area contributed by atoms with E-state index in [1.807, 2.05) is 30.3 Å². The van der Waals surface area contributed by atoms with E-state index in [1.54, 1.807) is 13.0 Å². The first-order valence-corrected chi connectivity index (χ1v) is 5.26. The molecule has 0 unspecified atom stereocenters. The molecule has 0 fully saturated rings. The number of para-hydroxylation sites is 1. The third-order valence-electron chi connectivity index (χ3n) is 2.23. The molecule has 0 aliphatic carbocycles. The molecule has 0 saturated heterocycles. The van der Waals surface area contributed by atoms with Crippen LogP contribution in [0.5, 0.6) is 0 Å². The van der Waals surface area contributed by atoms with Gasteiger partial charge in [-0.2, -0.15) is 0 Å². The number of halogens is 1. The molecule has 1 aromatic carbocycles. The van der Waals surface area contributed by atoms with Gasteiger partial charge in [-0.25, -0.2) is 0 Å². The third kappa shape index (κ3) is 2.25. The van der Waals surface area contributed by atoms with Gasteiger partial charge in [0.25, 0.3) is 5.56 Å². The first-order valence-electron chi connectivity index (χ1n) is 4.88. The Kier molecular flexibility index (Phi) is 2.97. The molecule has 1 heterocycles. The zero-order valence-electron chi connectivity index (χ0n) is 8.75. The van der Waals surface area contributed by atoms with Gasteiger partial charge in [-0.05, 0) is 25.1 Å². The highest BCUT2D eigenvalue weighted by atomic mass is 35.5. The van der Waals surface area contributed by atoms with Crippen molar-refractivity contribution in [2.45, 2.75) is 6.92 Å². The van der Waals surface area contributed by atoms with Crippen LogP contribution in [0.1, 0.15) is 5.69 Å². The van der Waals surface area contributed by atoms with Crippen molar-refractivity contribution < 1.29 is 0 Å². The first-order chi connectivity index (χ1) is 7.66. The Morgan fingerprint density at radius 1 is 1.25 bits per heavy atom. The van der Waals surface area contributed by atoms with Crippen molar-refractivity contribution in [2.75, 3.05) is 5.32 Å². The van der Waals surface area contributed by atoms with Crippen molar-refractivity contribution in [3.05, 3.63) is 57.5 Å². The third-order valence-corrected chi connectivity index (χ3v) is 2.62. The van der Waals surface area contributed by atoms with Gasteiger partial charge in [-0.15, -0.1) is 0 Å². The average Bonchev–Trinajstić information content (AvgIpc) is 2.27. The van der Waals surface area contributed by atoms with Crippen LogP contribution in [-0.2, 0) is 0 Å². The Morgan fingerprint density at radius 2 is 1.94 bits per heavy atom. The lowest BCUT2D eigenvalue weighted by molar-refractivity contribution is 1.14. The molecule has 0 spiro atoms. The van der Waals surface area contributed by atoms with Crippen LogP contribution in [0.15, 0.2) is 41.2 Å². The summed E-state index contributed by atoms with van der Waals surface area (Å²) in [6, 6.07) is 11.1. The van der Waals surface area contributed by atoms with Gasteiger partial charge in [0.1, 0.15) is 5.69 Å². The van der Waals surface area contributed by atoms with E-state index in [0.717, 1.165) is 5.69 Å². The second-order valence-electron chi connectivity index (χ2n) is 3.48. The molecule has 16 heavy (non-hydrogen) atoms. The van der Waals surface area contributed by atoms with Crippen molar-refractivity contribution in [3.8, 4) is 0 Å². The maximum atomic E-state index is 11.6. The van der Waals surface area contributed by atoms with Crippen LogP contribution in [-0.4, -0.2) is 4.98 Å². The number of anilines is 2. The number of hydrogen-bond donors (Lipinski definition) is 2. The zero-order chi connectivity index (χ0) is 11.5. The topological polar surface area (TPSA) is 44.9 Å². The van der Waals surface area contributed by atoms with Crippen molar-refractivity contribution in [3.63, 3.8) is 0 Å². The van der Waals surface area contributed by atoms with Gasteiger partial charge in [0, 0.05) is 11.4 Å². The number of H-pyrrole nitrogens is 1. The van der Waals surface area contributed by atoms with Gasteiger partial charge in [0.05, 0.1) is 5.02 Å². The summed E-state index contributed by atoms with van der Waals surface area (Å²) in [5, 5.41) is 3.55. The number of nitrogens with one attached hydrogen (secondary N) is 2. The van der Waals surface area contributed by atoms with Gasteiger partial charge in [-0.1, -0.05) is 29.8 Å². The monoisotopic (exact) mass is 234 g/mol. The molecule has 1 aromatic heterocycles. The van der Waals surface area contributed by atoms with E-state index < -0.39 is 0 Å². The fourth-order valence-corrected chi connectivity index (χ4v) is 1.52. The lowest BCUT2D eigenvalue weighted by atomic mass is 10.3. The van der Waals surface area contributed by atoms with Crippen LogP contribution in [0, 0.1) is 6.92 Å². The fourth-order valence-electron chi connectivity index (χ4n) is 1.37. The molecule has 2 N–H and O–H groups in total. The van der Waals surface area contributed by atoms with E-state index in [0.29, 0.717) is 16.4 Å². The molecule has 3 nitrogen and oxygen atoms in total. The van der Waals surface area contributed by atoms with Gasteiger partial charge >= 0.3 is 0 Å². The second kappa shape index (κ2) is 4.41. The summed E-state index contributed by atoms with van der Waals surface area (Å²) in [5.74, 6) is 0. The molecule has 2 rings (SSSR count). The Hall–Kier alpha value is -1.74. The quantitative estimate of drug-likeness (QED) is 0.839. The minimum atomic E-state index is -0.175. The molecule has 0 aliphatic heterocycles. The lowest BCUT2D eigenvalue weighted by Gasteiger charge is -2.06. The lowest BCUT2D eigenvalue weighted by Crippen LogP contribution is -2.12. The first kappa shape index (κ1) is 10.8. The standard InChI is InChI=1S/C12H11ClN2O/c1-8-10(13)7-11(12(16)14-8)15-9-5-3-2-4-6-9/h2-7,15H,1H3,(H,14,16). The normalized spacial score (nSPS) is 10.1. The van der Waals surface area contributed by atoms with E-state index in [1.165, 1.54) is 0 Å². The van der Waals surface area contributed by atoms with Gasteiger partial charge in [0.2, 0.25) is 0 Å². The maximum Gasteiger partial charge on any atom is 0.271 e. The number of pyridine rings is 1. The molecule has 2 aromatic rings. The van der Waals surface area contributed by atoms with E-state index in [4.69, 9.17) is 11.6 Å². The van der Waals surface area contributed by atoms with E-state index >= 15 is 0 Å². The number of benzene rings is 1. The van der Waals surface area contributed by atoms with Gasteiger partial charge in [-0.3, -0.25) is 4.79 Å². The van der Waals surface area contributed by atoms with Crippen LogP contribution in [0.4, 0.5) is 11.4 Å². The molecule has 0 aliphatic rings. The van der Waals surface area contributed by atoms with Crippen LogP contribution in [0.2, 0.25) is 5.02 Å². The van der Waals surface area contributed by atoms with Crippen LogP contribution < -0.4 is 10.9 Å². The highest BCUT2D eigenvalue weighted by Gasteiger charge is 2.03. The molecular formula is C12H11ClN2O. The average molecular weight is 235 g/mol. The zero-order valence-corrected chi connectivity index (χ0v) is 9.51. The van der Waals surface area contributed by atoms with E-state index in [-0.39, 0.29) is 5.56 Å². The maximum absolute atomic E-state index is 11.6. The number of aromatic nitrogens is 1. The summed E-state index contributed by atoms with van der Waals surface area (Å²) < 4.78 is 0. The second-order valence-corrected chi connectivity index (χ2v) is 3.88. The van der Waals surface area contributed by atoms with Crippen LogP contribution in [0.3, 0.4) is 0 Å². The predicted molar refractivity (Wildman–Crippen MR) is 66.5 cm³/mol. The summed E-state index contributed by atoms with van der Waals surface area (Å²) in [4.78, 5) is 14.3. The fraction of sp³-hybridized carbons (Fsp3) is 0.0833. The Balaban J connectivity index is 2.36. The molecule has 0 amide bonds. The number of aromatic amines is 1. The van der Waals surface area contributed by atoms with Crippen molar-refractivity contribution >= 4 is 23.0 Å². The van der Waals surface area contributed by atoms with Gasteiger partial charge in [0.15, 0.2) is 0 Å². The molecule has 0 bridgehead atoms. The summed E-state index contributed by atoms with van der Waals surface area (Å²) in [6.45, 7) is 1.76. The molecule has 0 atom stereocenters. The minimum absolute atomic E-state index is 0.175. The molecule has 0 saturated carbocycles. The smallest absolute Gasteiger partial charge is 0.271 e. The summed E-state index contributed by atoms with van der Waals surface area (Å²) in [6.07, 6.45) is 0. The van der Waals surface area contributed by atoms with Crippen LogP contribution in [0.25, 0.3) is 0 Å². The molecule has 0 radical (unpaired) electrons. The highest BCUT2D eigenvalue weighted by molar-refractivity contribution is 6.31. The van der Waals surface area contributed by atoms with Crippen molar-refractivity contribution in [2.24, 2.45) is 0 Å². The number of rotatable bonds is 2. The Bertz CT molecular complexity index is 549. The largest absolute Gasteiger partial charge is 0.351 e. The number of hydrogen-bond acceptors (Lipinski definition) is 2. The minimum Gasteiger partial charge on any atom is -0.351 e. The summed E-state index contributed by atoms with van der Waals surface area (Å²) in [7, 11) is 0. The Morgan fingerprint density at radius 3 is 2.62 bits per heavy atom. The molecular weight excluding hydrogens is 224 g/mol. The van der Waals surface area contributed by atoms with Crippen LogP contribution >= 0.6 is 11.6 Å². The molecule has 4 heteroatoms. The van der Waals surface area contributed by atoms with E-state index in [9.17, 15) is 4.79 Å². The highest BCUT2D eigenvalue weighted by Crippen LogP contribution is 2.17.